The Labute approximate surface area is 157 Å². The molecule has 2 N–H and O–H groups in total. The van der Waals surface area contributed by atoms with Gasteiger partial charge in [0.05, 0.1) is 23.7 Å². The van der Waals surface area contributed by atoms with Gasteiger partial charge in [-0.2, -0.15) is 0 Å². The van der Waals surface area contributed by atoms with Crippen LogP contribution in [0.15, 0.2) is 0 Å². The summed E-state index contributed by atoms with van der Waals surface area (Å²) in [7, 11) is 0. The molecule has 8 atom stereocenters. The maximum atomic E-state index is 12.9. The second-order valence-corrected chi connectivity index (χ2v) is 9.74. The molecular formula is C20H26O7. The molecule has 4 fully saturated rings. The normalized spacial score (nSPS) is 47.2. The summed E-state index contributed by atoms with van der Waals surface area (Å²) in [6, 6.07) is 0. The SMILES string of the molecule is CC12CCC(C1)C(C(=O)O)C2C(=O)OC(=O)[C@H]1[C@@H](C(=O)O)[C@@H]2CC[C@@]1(C)C2. The van der Waals surface area contributed by atoms with Crippen molar-refractivity contribution >= 4 is 23.9 Å². The highest BCUT2D eigenvalue weighted by atomic mass is 16.6. The van der Waals surface area contributed by atoms with Crippen LogP contribution in [0.5, 0.6) is 0 Å². The van der Waals surface area contributed by atoms with E-state index in [2.05, 4.69) is 0 Å². The number of hydrogen-bond donors (Lipinski definition) is 2. The lowest BCUT2D eigenvalue weighted by Crippen LogP contribution is -2.44. The van der Waals surface area contributed by atoms with Gasteiger partial charge in [-0.3, -0.25) is 19.2 Å². The molecule has 4 unspecified atom stereocenters. The van der Waals surface area contributed by atoms with Crippen molar-refractivity contribution in [2.24, 2.45) is 46.3 Å². The highest BCUT2D eigenvalue weighted by molar-refractivity contribution is 5.93. The predicted octanol–water partition coefficient (Wildman–Crippen LogP) is 2.33. The molecule has 0 radical (unpaired) electrons. The highest BCUT2D eigenvalue weighted by Crippen LogP contribution is 2.62. The van der Waals surface area contributed by atoms with Crippen molar-refractivity contribution in [1.29, 1.82) is 0 Å². The van der Waals surface area contributed by atoms with Crippen LogP contribution in [0, 0.1) is 46.3 Å². The van der Waals surface area contributed by atoms with E-state index in [1.165, 1.54) is 0 Å². The summed E-state index contributed by atoms with van der Waals surface area (Å²) in [6.07, 6.45) is 4.34. The molecule has 0 aromatic rings. The first-order valence-electron chi connectivity index (χ1n) is 9.78. The van der Waals surface area contributed by atoms with Crippen LogP contribution in [0.3, 0.4) is 0 Å². The van der Waals surface area contributed by atoms with Gasteiger partial charge >= 0.3 is 23.9 Å². The van der Waals surface area contributed by atoms with Crippen molar-refractivity contribution in [2.75, 3.05) is 0 Å². The van der Waals surface area contributed by atoms with Crippen molar-refractivity contribution in [3.63, 3.8) is 0 Å². The first-order valence-corrected chi connectivity index (χ1v) is 9.78. The van der Waals surface area contributed by atoms with E-state index in [4.69, 9.17) is 4.74 Å². The molecule has 0 amide bonds. The fourth-order valence-electron chi connectivity index (χ4n) is 7.00. The van der Waals surface area contributed by atoms with Crippen LogP contribution in [-0.4, -0.2) is 34.1 Å². The Kier molecular flexibility index (Phi) is 3.95. The van der Waals surface area contributed by atoms with Gasteiger partial charge in [-0.1, -0.05) is 13.8 Å². The third-order valence-corrected chi connectivity index (χ3v) is 8.14. The van der Waals surface area contributed by atoms with Gasteiger partial charge in [0.15, 0.2) is 0 Å². The number of carboxylic acids is 2. The van der Waals surface area contributed by atoms with E-state index >= 15 is 0 Å². The number of carbonyl (C=O) groups excluding carboxylic acids is 2. The molecule has 0 aromatic carbocycles. The van der Waals surface area contributed by atoms with Crippen molar-refractivity contribution in [2.45, 2.75) is 52.4 Å². The average Bonchev–Trinajstić information content (AvgIpc) is 3.27. The fourth-order valence-corrected chi connectivity index (χ4v) is 7.00. The molecule has 4 bridgehead atoms. The van der Waals surface area contributed by atoms with Gasteiger partial charge in [0.2, 0.25) is 0 Å². The zero-order chi connectivity index (χ0) is 19.7. The third-order valence-electron chi connectivity index (χ3n) is 8.14. The standard InChI is InChI=1S/C20H26O7/c1-19-5-3-9(7-19)11(15(21)22)13(19)17(25)27-18(26)14-12(16(23)24)10-4-6-20(14,2)8-10/h9-14H,3-8H2,1-2H3,(H,21,22)(H,23,24)/t9-,10?,11+,12?,13-,14?,19+,20?/m1/s1. The maximum absolute atomic E-state index is 12.9. The fraction of sp³-hybridized carbons (Fsp3) is 0.800. The van der Waals surface area contributed by atoms with Crippen LogP contribution in [0.1, 0.15) is 52.4 Å². The van der Waals surface area contributed by atoms with Gasteiger partial charge in [0.1, 0.15) is 0 Å². The molecule has 7 heteroatoms. The molecule has 4 saturated carbocycles. The van der Waals surface area contributed by atoms with E-state index in [0.29, 0.717) is 12.8 Å². The Bertz CT molecular complexity index is 670. The Morgan fingerprint density at radius 2 is 1.15 bits per heavy atom. The second kappa shape index (κ2) is 5.79. The number of rotatable bonds is 4. The molecule has 148 valence electrons. The second-order valence-electron chi connectivity index (χ2n) is 9.74. The van der Waals surface area contributed by atoms with E-state index in [1.807, 2.05) is 13.8 Å². The molecule has 0 spiro atoms. The van der Waals surface area contributed by atoms with Gasteiger partial charge in [0, 0.05) is 0 Å². The molecule has 0 aromatic heterocycles. The van der Waals surface area contributed by atoms with E-state index in [9.17, 15) is 29.4 Å². The van der Waals surface area contributed by atoms with E-state index in [1.54, 1.807) is 0 Å². The topological polar surface area (TPSA) is 118 Å². The average molecular weight is 378 g/mol. The molecule has 0 aliphatic heterocycles. The molecular weight excluding hydrogens is 352 g/mol. The van der Waals surface area contributed by atoms with Crippen LogP contribution >= 0.6 is 0 Å². The van der Waals surface area contributed by atoms with Crippen molar-refractivity contribution < 1.29 is 34.1 Å². The summed E-state index contributed by atoms with van der Waals surface area (Å²) in [4.78, 5) is 49.1. The summed E-state index contributed by atoms with van der Waals surface area (Å²) < 4.78 is 5.21. The van der Waals surface area contributed by atoms with E-state index < -0.39 is 58.4 Å². The monoisotopic (exact) mass is 378 g/mol. The zero-order valence-electron chi connectivity index (χ0n) is 15.6. The largest absolute Gasteiger partial charge is 0.481 e. The van der Waals surface area contributed by atoms with Gasteiger partial charge in [-0.25, -0.2) is 0 Å². The van der Waals surface area contributed by atoms with Crippen LogP contribution in [-0.2, 0) is 23.9 Å². The van der Waals surface area contributed by atoms with Gasteiger partial charge in [-0.05, 0) is 61.2 Å². The minimum atomic E-state index is -1.02. The van der Waals surface area contributed by atoms with Gasteiger partial charge in [-0.15, -0.1) is 0 Å². The number of carboxylic acid groups (broad SMARTS) is 2. The van der Waals surface area contributed by atoms with Crippen LogP contribution in [0.4, 0.5) is 0 Å². The summed E-state index contributed by atoms with van der Waals surface area (Å²) in [5.74, 6) is -7.06. The summed E-state index contributed by atoms with van der Waals surface area (Å²) in [5, 5.41) is 19.2. The Balaban J connectivity index is 1.55. The number of carbonyl (C=O) groups is 4. The maximum Gasteiger partial charge on any atom is 0.318 e. The summed E-state index contributed by atoms with van der Waals surface area (Å²) in [6.45, 7) is 3.79. The Hall–Kier alpha value is -1.92. The lowest BCUT2D eigenvalue weighted by atomic mass is 9.70. The van der Waals surface area contributed by atoms with Crippen molar-refractivity contribution in [3.8, 4) is 0 Å². The number of esters is 2. The van der Waals surface area contributed by atoms with E-state index in [0.717, 1.165) is 25.7 Å². The summed E-state index contributed by atoms with van der Waals surface area (Å²) >= 11 is 0. The van der Waals surface area contributed by atoms with Crippen LogP contribution in [0.25, 0.3) is 0 Å². The van der Waals surface area contributed by atoms with Crippen LogP contribution < -0.4 is 0 Å². The number of ether oxygens (including phenoxy) is 1. The number of hydrogen-bond acceptors (Lipinski definition) is 5. The predicted molar refractivity (Wildman–Crippen MR) is 91.2 cm³/mol. The molecule has 4 rings (SSSR count). The van der Waals surface area contributed by atoms with Gasteiger partial charge < -0.3 is 14.9 Å². The van der Waals surface area contributed by atoms with Gasteiger partial charge in [0.25, 0.3) is 0 Å². The quantitative estimate of drug-likeness (QED) is 0.569. The number of aliphatic carboxylic acids is 2. The van der Waals surface area contributed by atoms with Crippen molar-refractivity contribution in [3.05, 3.63) is 0 Å². The lowest BCUT2D eigenvalue weighted by molar-refractivity contribution is -0.178. The molecule has 7 nitrogen and oxygen atoms in total. The van der Waals surface area contributed by atoms with E-state index in [-0.39, 0.29) is 11.8 Å². The Morgan fingerprint density at radius 3 is 1.48 bits per heavy atom. The molecule has 27 heavy (non-hydrogen) atoms. The molecule has 0 saturated heterocycles. The Morgan fingerprint density at radius 1 is 0.778 bits per heavy atom. The zero-order valence-corrected chi connectivity index (χ0v) is 15.6. The third kappa shape index (κ3) is 2.53. The van der Waals surface area contributed by atoms with Crippen molar-refractivity contribution in [1.82, 2.24) is 0 Å². The van der Waals surface area contributed by atoms with Crippen LogP contribution in [0.2, 0.25) is 0 Å². The molecule has 0 heterocycles. The molecule has 4 aliphatic carbocycles. The summed E-state index contributed by atoms with van der Waals surface area (Å²) in [5.41, 5.74) is -0.925. The lowest BCUT2D eigenvalue weighted by Gasteiger charge is -2.35. The minimum absolute atomic E-state index is 0.0630. The smallest absolute Gasteiger partial charge is 0.318 e. The first-order chi connectivity index (χ1) is 12.6. The first kappa shape index (κ1) is 18.4. The highest BCUT2D eigenvalue weighted by Gasteiger charge is 2.64. The minimum Gasteiger partial charge on any atom is -0.481 e. The molecule has 4 aliphatic rings. The number of fused-ring (bicyclic) bond motifs is 4.